The summed E-state index contributed by atoms with van der Waals surface area (Å²) >= 11 is 5.06. The molecule has 2 aromatic rings. The molecule has 1 unspecified atom stereocenters. The van der Waals surface area contributed by atoms with Crippen LogP contribution in [0, 0.1) is 17.5 Å². The molecule has 0 radical (unpaired) electrons. The molecule has 3 rings (SSSR count). The van der Waals surface area contributed by atoms with E-state index in [2.05, 4.69) is 20.8 Å². The zero-order valence-corrected chi connectivity index (χ0v) is 16.3. The average molecular weight is 428 g/mol. The Bertz CT molecular complexity index is 893. The lowest BCUT2D eigenvalue weighted by Crippen LogP contribution is -2.34. The number of carbonyl (C=O) groups excluding carboxylic acids is 1. The Balaban J connectivity index is 1.97. The van der Waals surface area contributed by atoms with E-state index >= 15 is 0 Å². The van der Waals surface area contributed by atoms with E-state index in [9.17, 15) is 18.0 Å². The molecule has 0 saturated carbocycles. The first-order chi connectivity index (χ1) is 13.9. The van der Waals surface area contributed by atoms with Gasteiger partial charge >= 0.3 is 6.09 Å². The van der Waals surface area contributed by atoms with Gasteiger partial charge < -0.3 is 14.8 Å². The predicted molar refractivity (Wildman–Crippen MR) is 103 cm³/mol. The zero-order valence-electron chi connectivity index (χ0n) is 15.5. The minimum Gasteiger partial charge on any atom is -0.450 e. The zero-order chi connectivity index (χ0) is 21.0. The summed E-state index contributed by atoms with van der Waals surface area (Å²) in [7, 11) is 0. The number of anilines is 1. The maximum atomic E-state index is 13.9. The Labute approximate surface area is 170 Å². The third-order valence-corrected chi connectivity index (χ3v) is 4.50. The van der Waals surface area contributed by atoms with Gasteiger partial charge in [0.2, 0.25) is 0 Å². The maximum Gasteiger partial charge on any atom is 0.413 e. The quantitative estimate of drug-likeness (QED) is 0.500. The number of aromatic nitrogens is 2. The van der Waals surface area contributed by atoms with Gasteiger partial charge in [-0.15, -0.1) is 0 Å². The van der Waals surface area contributed by atoms with Crippen molar-refractivity contribution in [2.45, 2.75) is 32.3 Å². The molecule has 3 N–H and O–H groups in total. The number of rotatable bonds is 4. The van der Waals surface area contributed by atoms with Gasteiger partial charge in [-0.3, -0.25) is 10.4 Å². The van der Waals surface area contributed by atoms with E-state index in [1.165, 1.54) is 0 Å². The summed E-state index contributed by atoms with van der Waals surface area (Å²) in [6, 6.07) is 1.73. The maximum absolute atomic E-state index is 13.9. The topological polar surface area (TPSA) is 88.3 Å². The number of aromatic amines is 1. The first kappa shape index (κ1) is 21.1. The predicted octanol–water partition coefficient (Wildman–Crippen LogP) is 4.18. The highest BCUT2D eigenvalue weighted by Crippen LogP contribution is 2.38. The van der Waals surface area contributed by atoms with Gasteiger partial charge in [0.05, 0.1) is 24.0 Å². The standard InChI is InChI=1S/C18H19F3N4O3S/c1-2-27-18(26)23-17(29)22-16-13(9-7-10(19)14(21)11(20)8-9)15(24-25-16)12-5-3-4-6-28-12/h7-8,12H,2-6H2,1H3,(H3,22,23,24,25,26,29). The smallest absolute Gasteiger partial charge is 0.413 e. The Hall–Kier alpha value is -2.66. The minimum absolute atomic E-state index is 0.0424. The molecule has 0 bridgehead atoms. The van der Waals surface area contributed by atoms with Gasteiger partial charge in [-0.25, -0.2) is 18.0 Å². The number of halogens is 3. The summed E-state index contributed by atoms with van der Waals surface area (Å²) in [5, 5.41) is 11.8. The lowest BCUT2D eigenvalue weighted by atomic mass is 9.98. The van der Waals surface area contributed by atoms with Crippen molar-refractivity contribution in [1.82, 2.24) is 15.5 Å². The van der Waals surface area contributed by atoms with E-state index in [0.717, 1.165) is 25.0 Å². The van der Waals surface area contributed by atoms with Crippen LogP contribution in [-0.4, -0.2) is 34.6 Å². The molecule has 0 aliphatic carbocycles. The molecule has 1 aromatic carbocycles. The highest BCUT2D eigenvalue weighted by Gasteiger charge is 2.27. The van der Waals surface area contributed by atoms with Crippen molar-refractivity contribution >= 4 is 29.2 Å². The molecule has 2 heterocycles. The first-order valence-corrected chi connectivity index (χ1v) is 9.41. The van der Waals surface area contributed by atoms with Crippen molar-refractivity contribution in [3.05, 3.63) is 35.3 Å². The van der Waals surface area contributed by atoms with Crippen molar-refractivity contribution in [3.8, 4) is 11.1 Å². The van der Waals surface area contributed by atoms with E-state index in [0.29, 0.717) is 18.7 Å². The van der Waals surface area contributed by atoms with Gasteiger partial charge in [0.15, 0.2) is 28.4 Å². The van der Waals surface area contributed by atoms with Crippen LogP contribution in [0.3, 0.4) is 0 Å². The van der Waals surface area contributed by atoms with E-state index in [-0.39, 0.29) is 34.8 Å². The van der Waals surface area contributed by atoms with Crippen LogP contribution >= 0.6 is 12.2 Å². The summed E-state index contributed by atoms with van der Waals surface area (Å²) in [6.45, 7) is 2.32. The van der Waals surface area contributed by atoms with Crippen LogP contribution in [-0.2, 0) is 9.47 Å². The van der Waals surface area contributed by atoms with Crippen molar-refractivity contribution in [2.24, 2.45) is 0 Å². The van der Waals surface area contributed by atoms with E-state index in [4.69, 9.17) is 21.7 Å². The molecule has 1 fully saturated rings. The molecule has 1 aliphatic rings. The fraction of sp³-hybridized carbons (Fsp3) is 0.389. The summed E-state index contributed by atoms with van der Waals surface area (Å²) < 4.78 is 51.6. The molecule has 1 aliphatic heterocycles. The molecule has 1 saturated heterocycles. The van der Waals surface area contributed by atoms with E-state index in [1.807, 2.05) is 0 Å². The average Bonchev–Trinajstić information content (AvgIpc) is 3.09. The second-order valence-corrected chi connectivity index (χ2v) is 6.68. The van der Waals surface area contributed by atoms with Crippen LogP contribution in [0.1, 0.15) is 38.0 Å². The molecule has 0 spiro atoms. The highest BCUT2D eigenvalue weighted by molar-refractivity contribution is 7.80. The summed E-state index contributed by atoms with van der Waals surface area (Å²) in [5.41, 5.74) is 0.778. The molecular formula is C18H19F3N4O3S. The van der Waals surface area contributed by atoms with Crippen LogP contribution in [0.15, 0.2) is 12.1 Å². The number of nitrogens with one attached hydrogen (secondary N) is 3. The van der Waals surface area contributed by atoms with Crippen LogP contribution in [0.2, 0.25) is 0 Å². The van der Waals surface area contributed by atoms with Crippen LogP contribution in [0.5, 0.6) is 0 Å². The second-order valence-electron chi connectivity index (χ2n) is 6.27. The number of benzene rings is 1. The second kappa shape index (κ2) is 9.23. The Morgan fingerprint density at radius 1 is 1.34 bits per heavy atom. The number of nitrogens with zero attached hydrogens (tertiary/aromatic N) is 1. The lowest BCUT2D eigenvalue weighted by molar-refractivity contribution is 0.0126. The van der Waals surface area contributed by atoms with Crippen molar-refractivity contribution < 1.29 is 27.4 Å². The number of amides is 1. The highest BCUT2D eigenvalue weighted by atomic mass is 32.1. The van der Waals surface area contributed by atoms with Crippen LogP contribution in [0.25, 0.3) is 11.1 Å². The lowest BCUT2D eigenvalue weighted by Gasteiger charge is -2.22. The van der Waals surface area contributed by atoms with Crippen molar-refractivity contribution in [1.29, 1.82) is 0 Å². The fourth-order valence-corrected chi connectivity index (χ4v) is 3.22. The molecular weight excluding hydrogens is 409 g/mol. The third kappa shape index (κ3) is 4.85. The SMILES string of the molecule is CCOC(=O)NC(=S)Nc1n[nH]c(C2CCCCO2)c1-c1cc(F)c(F)c(F)c1. The molecule has 1 amide bonds. The minimum atomic E-state index is -1.57. The summed E-state index contributed by atoms with van der Waals surface area (Å²) in [6.07, 6.45) is 1.33. The summed E-state index contributed by atoms with van der Waals surface area (Å²) in [5.74, 6) is -4.15. The number of H-pyrrole nitrogens is 1. The number of hydrogen-bond acceptors (Lipinski definition) is 5. The molecule has 1 atom stereocenters. The third-order valence-electron chi connectivity index (χ3n) is 4.29. The number of carbonyl (C=O) groups is 1. The van der Waals surface area contributed by atoms with Gasteiger partial charge in [-0.1, -0.05) is 0 Å². The van der Waals surface area contributed by atoms with Crippen molar-refractivity contribution in [3.63, 3.8) is 0 Å². The van der Waals surface area contributed by atoms with Crippen LogP contribution in [0.4, 0.5) is 23.8 Å². The molecule has 7 nitrogen and oxygen atoms in total. The van der Waals surface area contributed by atoms with E-state index < -0.39 is 23.5 Å². The summed E-state index contributed by atoms with van der Waals surface area (Å²) in [4.78, 5) is 11.5. The van der Waals surface area contributed by atoms with Gasteiger partial charge in [0.1, 0.15) is 0 Å². The number of thiocarbonyl (C=S) groups is 1. The fourth-order valence-electron chi connectivity index (χ4n) is 3.04. The number of alkyl carbamates (subject to hydrolysis) is 1. The molecule has 156 valence electrons. The molecule has 11 heteroatoms. The Morgan fingerprint density at radius 2 is 2.07 bits per heavy atom. The Kier molecular flexibility index (Phi) is 6.70. The van der Waals surface area contributed by atoms with Gasteiger partial charge in [0.25, 0.3) is 0 Å². The number of hydrogen-bond donors (Lipinski definition) is 3. The Morgan fingerprint density at radius 3 is 2.69 bits per heavy atom. The largest absolute Gasteiger partial charge is 0.450 e. The van der Waals surface area contributed by atoms with E-state index in [1.54, 1.807) is 6.92 Å². The number of ether oxygens (including phenoxy) is 2. The first-order valence-electron chi connectivity index (χ1n) is 9.00. The monoisotopic (exact) mass is 428 g/mol. The molecule has 1 aromatic heterocycles. The molecule has 29 heavy (non-hydrogen) atoms. The van der Waals surface area contributed by atoms with Gasteiger partial charge in [-0.05, 0) is 56.1 Å². The van der Waals surface area contributed by atoms with Gasteiger partial charge in [-0.2, -0.15) is 5.10 Å². The van der Waals surface area contributed by atoms with Gasteiger partial charge in [0, 0.05) is 6.61 Å². The van der Waals surface area contributed by atoms with Crippen LogP contribution < -0.4 is 10.6 Å². The van der Waals surface area contributed by atoms with Crippen molar-refractivity contribution in [2.75, 3.05) is 18.5 Å². The normalized spacial score (nSPS) is 16.3.